The van der Waals surface area contributed by atoms with Crippen molar-refractivity contribution in [1.82, 2.24) is 5.32 Å². The van der Waals surface area contributed by atoms with Crippen LogP contribution in [0.3, 0.4) is 0 Å². The maximum atomic E-state index is 5.63. The number of methoxy groups -OCH3 is 2. The number of ether oxygens (including phenoxy) is 3. The minimum absolute atomic E-state index is 0.169. The van der Waals surface area contributed by atoms with Crippen molar-refractivity contribution in [1.29, 1.82) is 0 Å². The van der Waals surface area contributed by atoms with E-state index in [9.17, 15) is 0 Å². The lowest BCUT2D eigenvalue weighted by Gasteiger charge is -2.14. The monoisotopic (exact) mass is 360 g/mol. The molecule has 0 atom stereocenters. The molecular weight excluding hydrogens is 336 g/mol. The zero-order valence-electron chi connectivity index (χ0n) is 15.0. The minimum atomic E-state index is 0.169. The summed E-state index contributed by atoms with van der Waals surface area (Å²) in [6, 6.07) is 13.5. The third-order valence-electron chi connectivity index (χ3n) is 3.39. The predicted molar refractivity (Wildman–Crippen MR) is 105 cm³/mol. The third-order valence-corrected chi connectivity index (χ3v) is 3.64. The number of nitrogens with one attached hydrogen (secondary N) is 2. The van der Waals surface area contributed by atoms with Gasteiger partial charge in [0.1, 0.15) is 5.75 Å². The molecule has 25 heavy (non-hydrogen) atoms. The molecule has 0 saturated heterocycles. The summed E-state index contributed by atoms with van der Waals surface area (Å²) in [4.78, 5) is 0. The SMILES string of the molecule is COc1ccc(NC(=S)NCc2ccc(OC(C)C)cc2)cc1OC. The van der Waals surface area contributed by atoms with Gasteiger partial charge in [-0.3, -0.25) is 0 Å². The van der Waals surface area contributed by atoms with E-state index in [4.69, 9.17) is 26.4 Å². The molecule has 2 aromatic rings. The first-order valence-electron chi connectivity index (χ1n) is 8.04. The highest BCUT2D eigenvalue weighted by Gasteiger charge is 2.06. The molecule has 6 heteroatoms. The van der Waals surface area contributed by atoms with Crippen LogP contribution < -0.4 is 24.8 Å². The second kappa shape index (κ2) is 9.13. The van der Waals surface area contributed by atoms with Crippen molar-refractivity contribution in [2.75, 3.05) is 19.5 Å². The number of anilines is 1. The molecule has 0 aromatic heterocycles. The molecule has 2 aromatic carbocycles. The highest BCUT2D eigenvalue weighted by atomic mass is 32.1. The van der Waals surface area contributed by atoms with Crippen LogP contribution in [0.2, 0.25) is 0 Å². The topological polar surface area (TPSA) is 51.8 Å². The van der Waals surface area contributed by atoms with Crippen LogP contribution in [0.1, 0.15) is 19.4 Å². The highest BCUT2D eigenvalue weighted by molar-refractivity contribution is 7.80. The minimum Gasteiger partial charge on any atom is -0.493 e. The Kier molecular flexibility index (Phi) is 6.89. The van der Waals surface area contributed by atoms with Crippen molar-refractivity contribution in [2.24, 2.45) is 0 Å². The van der Waals surface area contributed by atoms with Crippen LogP contribution in [0.4, 0.5) is 5.69 Å². The fourth-order valence-corrected chi connectivity index (χ4v) is 2.42. The van der Waals surface area contributed by atoms with Crippen molar-refractivity contribution in [3.05, 3.63) is 48.0 Å². The third kappa shape index (κ3) is 5.83. The first-order valence-corrected chi connectivity index (χ1v) is 8.45. The molecule has 0 fully saturated rings. The van der Waals surface area contributed by atoms with E-state index in [0.29, 0.717) is 23.2 Å². The van der Waals surface area contributed by atoms with E-state index in [-0.39, 0.29) is 6.10 Å². The van der Waals surface area contributed by atoms with Crippen LogP contribution in [0.15, 0.2) is 42.5 Å². The summed E-state index contributed by atoms with van der Waals surface area (Å²) >= 11 is 5.34. The molecule has 0 unspecified atom stereocenters. The largest absolute Gasteiger partial charge is 0.493 e. The van der Waals surface area contributed by atoms with Crippen LogP contribution in [0, 0.1) is 0 Å². The molecule has 0 saturated carbocycles. The molecule has 0 aliphatic heterocycles. The average Bonchev–Trinajstić information content (AvgIpc) is 2.60. The Bertz CT molecular complexity index is 702. The van der Waals surface area contributed by atoms with E-state index < -0.39 is 0 Å². The first kappa shape index (κ1) is 18.9. The molecule has 0 bridgehead atoms. The van der Waals surface area contributed by atoms with Crippen molar-refractivity contribution >= 4 is 23.0 Å². The maximum absolute atomic E-state index is 5.63. The van der Waals surface area contributed by atoms with Gasteiger partial charge in [-0.1, -0.05) is 12.1 Å². The van der Waals surface area contributed by atoms with Crippen molar-refractivity contribution in [3.8, 4) is 17.2 Å². The molecule has 0 spiro atoms. The van der Waals surface area contributed by atoms with E-state index in [0.717, 1.165) is 17.0 Å². The van der Waals surface area contributed by atoms with Gasteiger partial charge in [0.05, 0.1) is 20.3 Å². The van der Waals surface area contributed by atoms with Gasteiger partial charge < -0.3 is 24.8 Å². The van der Waals surface area contributed by atoms with E-state index in [1.165, 1.54) is 0 Å². The fraction of sp³-hybridized carbons (Fsp3) is 0.316. The Morgan fingerprint density at radius 1 is 1.00 bits per heavy atom. The molecule has 2 N–H and O–H groups in total. The number of hydrogen-bond acceptors (Lipinski definition) is 4. The van der Waals surface area contributed by atoms with Crippen LogP contribution in [-0.4, -0.2) is 25.4 Å². The molecule has 0 radical (unpaired) electrons. The van der Waals surface area contributed by atoms with E-state index in [1.54, 1.807) is 14.2 Å². The van der Waals surface area contributed by atoms with Gasteiger partial charge in [0.2, 0.25) is 0 Å². The van der Waals surface area contributed by atoms with E-state index in [2.05, 4.69) is 10.6 Å². The molecule has 5 nitrogen and oxygen atoms in total. The smallest absolute Gasteiger partial charge is 0.171 e. The lowest BCUT2D eigenvalue weighted by atomic mass is 10.2. The quantitative estimate of drug-likeness (QED) is 0.729. The molecule has 0 amide bonds. The second-order valence-corrected chi connectivity index (χ2v) is 6.10. The van der Waals surface area contributed by atoms with Crippen molar-refractivity contribution < 1.29 is 14.2 Å². The Morgan fingerprint density at radius 2 is 1.68 bits per heavy atom. The van der Waals surface area contributed by atoms with Gasteiger partial charge in [-0.15, -0.1) is 0 Å². The van der Waals surface area contributed by atoms with Crippen LogP contribution in [0.25, 0.3) is 0 Å². The number of thiocarbonyl (C=S) groups is 1. The summed E-state index contributed by atoms with van der Waals surface area (Å²) in [7, 11) is 3.21. The molecular formula is C19H24N2O3S. The number of hydrogen-bond donors (Lipinski definition) is 2. The Hall–Kier alpha value is -2.47. The molecule has 0 aliphatic carbocycles. The predicted octanol–water partition coefficient (Wildman–Crippen LogP) is 3.98. The number of benzene rings is 2. The zero-order valence-corrected chi connectivity index (χ0v) is 15.8. The summed E-state index contributed by atoms with van der Waals surface area (Å²) in [5, 5.41) is 6.85. The van der Waals surface area contributed by atoms with Gasteiger partial charge in [0.25, 0.3) is 0 Å². The molecule has 0 aliphatic rings. The summed E-state index contributed by atoms with van der Waals surface area (Å²) in [6.45, 7) is 4.64. The zero-order chi connectivity index (χ0) is 18.2. The second-order valence-electron chi connectivity index (χ2n) is 5.69. The van der Waals surface area contributed by atoms with Crippen LogP contribution in [0.5, 0.6) is 17.2 Å². The highest BCUT2D eigenvalue weighted by Crippen LogP contribution is 2.29. The maximum Gasteiger partial charge on any atom is 0.171 e. The van der Waals surface area contributed by atoms with Gasteiger partial charge in [-0.05, 0) is 55.9 Å². The van der Waals surface area contributed by atoms with Gasteiger partial charge in [-0.25, -0.2) is 0 Å². The summed E-state index contributed by atoms with van der Waals surface area (Å²) in [5.41, 5.74) is 1.95. The standard InChI is InChI=1S/C19H24N2O3S/c1-13(2)24-16-8-5-14(6-9-16)12-20-19(25)21-15-7-10-17(22-3)18(11-15)23-4/h5-11,13H,12H2,1-4H3,(H2,20,21,25). The van der Waals surface area contributed by atoms with E-state index >= 15 is 0 Å². The van der Waals surface area contributed by atoms with Gasteiger partial charge in [-0.2, -0.15) is 0 Å². The Balaban J connectivity index is 1.88. The summed E-state index contributed by atoms with van der Waals surface area (Å²) in [6.07, 6.45) is 0.169. The molecule has 0 heterocycles. The summed E-state index contributed by atoms with van der Waals surface area (Å²) in [5.74, 6) is 2.19. The average molecular weight is 360 g/mol. The number of rotatable bonds is 7. The Labute approximate surface area is 154 Å². The normalized spacial score (nSPS) is 10.3. The van der Waals surface area contributed by atoms with Crippen LogP contribution in [-0.2, 0) is 6.54 Å². The van der Waals surface area contributed by atoms with Gasteiger partial charge in [0.15, 0.2) is 16.6 Å². The fourth-order valence-electron chi connectivity index (χ4n) is 2.23. The van der Waals surface area contributed by atoms with Crippen molar-refractivity contribution in [3.63, 3.8) is 0 Å². The van der Waals surface area contributed by atoms with Gasteiger partial charge in [0, 0.05) is 18.3 Å². The van der Waals surface area contributed by atoms with E-state index in [1.807, 2.05) is 56.3 Å². The van der Waals surface area contributed by atoms with Crippen molar-refractivity contribution in [2.45, 2.75) is 26.5 Å². The molecule has 134 valence electrons. The lowest BCUT2D eigenvalue weighted by molar-refractivity contribution is 0.242. The lowest BCUT2D eigenvalue weighted by Crippen LogP contribution is -2.27. The first-order chi connectivity index (χ1) is 12.0. The summed E-state index contributed by atoms with van der Waals surface area (Å²) < 4.78 is 16.1. The molecule has 2 rings (SSSR count). The Morgan fingerprint density at radius 3 is 2.28 bits per heavy atom. The van der Waals surface area contributed by atoms with Gasteiger partial charge >= 0.3 is 0 Å². The van der Waals surface area contributed by atoms with Crippen LogP contribution >= 0.6 is 12.2 Å².